The van der Waals surface area contributed by atoms with Crippen LogP contribution < -0.4 is 5.32 Å². The molecule has 148 valence electrons. The largest absolute Gasteiger partial charge is 0.394 e. The molecule has 1 amide bonds. The number of carbonyl (C=O) groups excluding carboxylic acids is 1. The van der Waals surface area contributed by atoms with Crippen molar-refractivity contribution in [1.29, 1.82) is 0 Å². The van der Waals surface area contributed by atoms with Gasteiger partial charge in [-0.05, 0) is 29.8 Å². The molecule has 8 heteroatoms. The van der Waals surface area contributed by atoms with Gasteiger partial charge < -0.3 is 15.4 Å². The number of rotatable bonds is 5. The first-order valence-electron chi connectivity index (χ1n) is 9.48. The topological polar surface area (TPSA) is 120 Å². The zero-order valence-electron chi connectivity index (χ0n) is 15.8. The Bertz CT molecular complexity index is 1330. The Morgan fingerprint density at radius 1 is 1.07 bits per heavy atom. The number of benzene rings is 2. The summed E-state index contributed by atoms with van der Waals surface area (Å²) in [7, 11) is 0. The molecule has 0 fully saturated rings. The van der Waals surface area contributed by atoms with Gasteiger partial charge in [0.25, 0.3) is 5.91 Å². The Labute approximate surface area is 171 Å². The molecule has 4 N–H and O–H groups in total. The molecule has 2 aromatic carbocycles. The Morgan fingerprint density at radius 3 is 2.63 bits per heavy atom. The number of hydrogen-bond acceptors (Lipinski definition) is 5. The quantitative estimate of drug-likeness (QED) is 0.363. The predicted molar refractivity (Wildman–Crippen MR) is 113 cm³/mol. The molecule has 5 rings (SSSR count). The fraction of sp³-hybridized carbons (Fsp3) is 0.0909. The second kappa shape index (κ2) is 7.41. The normalized spacial score (nSPS) is 12.3. The van der Waals surface area contributed by atoms with Crippen molar-refractivity contribution in [2.24, 2.45) is 0 Å². The van der Waals surface area contributed by atoms with Crippen molar-refractivity contribution in [1.82, 2.24) is 30.5 Å². The molecule has 0 aliphatic heterocycles. The zero-order valence-corrected chi connectivity index (χ0v) is 15.8. The molecule has 0 spiro atoms. The predicted octanol–water partition coefficient (Wildman–Crippen LogP) is 2.96. The van der Waals surface area contributed by atoms with E-state index in [2.05, 4.69) is 30.5 Å². The van der Waals surface area contributed by atoms with Crippen LogP contribution in [0.5, 0.6) is 0 Å². The Balaban J connectivity index is 1.48. The summed E-state index contributed by atoms with van der Waals surface area (Å²) in [6.07, 6.45) is 3.44. The molecule has 8 nitrogen and oxygen atoms in total. The van der Waals surface area contributed by atoms with Crippen molar-refractivity contribution in [3.63, 3.8) is 0 Å². The highest BCUT2D eigenvalue weighted by molar-refractivity contribution is 6.02. The van der Waals surface area contributed by atoms with Gasteiger partial charge in [0.05, 0.1) is 29.2 Å². The second-order valence-electron chi connectivity index (χ2n) is 6.93. The molecule has 0 bridgehead atoms. The lowest BCUT2D eigenvalue weighted by molar-refractivity contribution is 0.0907. The maximum atomic E-state index is 12.7. The van der Waals surface area contributed by atoms with Crippen molar-refractivity contribution < 1.29 is 9.90 Å². The summed E-state index contributed by atoms with van der Waals surface area (Å²) in [5, 5.41) is 20.9. The number of carbonyl (C=O) groups is 1. The van der Waals surface area contributed by atoms with Crippen molar-refractivity contribution in [3.05, 3.63) is 78.4 Å². The SMILES string of the molecule is O=C(NC(CO)c1ccccc1)c1nc2cc3c(-c4ccncc4)n[nH]c3cc2[nH]1. The van der Waals surface area contributed by atoms with E-state index in [1.54, 1.807) is 12.4 Å². The zero-order chi connectivity index (χ0) is 20.5. The molecule has 1 unspecified atom stereocenters. The number of nitrogens with one attached hydrogen (secondary N) is 3. The van der Waals surface area contributed by atoms with Crippen LogP contribution in [0.2, 0.25) is 0 Å². The number of imidazole rings is 1. The first-order valence-corrected chi connectivity index (χ1v) is 9.48. The molecule has 30 heavy (non-hydrogen) atoms. The summed E-state index contributed by atoms with van der Waals surface area (Å²) in [6.45, 7) is -0.208. The van der Waals surface area contributed by atoms with E-state index in [1.165, 1.54) is 0 Å². The van der Waals surface area contributed by atoms with Crippen molar-refractivity contribution in [3.8, 4) is 11.3 Å². The van der Waals surface area contributed by atoms with E-state index >= 15 is 0 Å². The smallest absolute Gasteiger partial charge is 0.287 e. The fourth-order valence-electron chi connectivity index (χ4n) is 3.51. The number of amides is 1. The lowest BCUT2D eigenvalue weighted by Gasteiger charge is -2.15. The molecular weight excluding hydrogens is 380 g/mol. The first kappa shape index (κ1) is 18.0. The summed E-state index contributed by atoms with van der Waals surface area (Å²) < 4.78 is 0. The molecular formula is C22H18N6O2. The molecule has 1 atom stereocenters. The van der Waals surface area contributed by atoms with Crippen LogP contribution in [0.15, 0.2) is 67.0 Å². The van der Waals surface area contributed by atoms with Gasteiger partial charge in [-0.3, -0.25) is 14.9 Å². The molecule has 0 radical (unpaired) electrons. The third-order valence-corrected chi connectivity index (χ3v) is 5.02. The Morgan fingerprint density at radius 2 is 1.87 bits per heavy atom. The molecule has 3 heterocycles. The van der Waals surface area contributed by atoms with Gasteiger partial charge in [0.15, 0.2) is 5.82 Å². The molecule has 0 aliphatic rings. The summed E-state index contributed by atoms with van der Waals surface area (Å²) in [4.78, 5) is 24.3. The van der Waals surface area contributed by atoms with Gasteiger partial charge in [0.2, 0.25) is 0 Å². The average molecular weight is 398 g/mol. The van der Waals surface area contributed by atoms with Gasteiger partial charge in [0, 0.05) is 23.3 Å². The highest BCUT2D eigenvalue weighted by atomic mass is 16.3. The van der Waals surface area contributed by atoms with Crippen LogP contribution >= 0.6 is 0 Å². The number of aromatic amines is 2. The Hall–Kier alpha value is -4.04. The summed E-state index contributed by atoms with van der Waals surface area (Å²) in [6, 6.07) is 16.4. The van der Waals surface area contributed by atoms with E-state index in [1.807, 2.05) is 54.6 Å². The van der Waals surface area contributed by atoms with Gasteiger partial charge in [-0.1, -0.05) is 30.3 Å². The Kier molecular flexibility index (Phi) is 4.45. The van der Waals surface area contributed by atoms with Crippen LogP contribution in [0.1, 0.15) is 22.2 Å². The number of nitrogens with zero attached hydrogens (tertiary/aromatic N) is 3. The second-order valence-corrected chi connectivity index (χ2v) is 6.93. The number of H-pyrrole nitrogens is 2. The maximum Gasteiger partial charge on any atom is 0.287 e. The van der Waals surface area contributed by atoms with Crippen LogP contribution in [0.3, 0.4) is 0 Å². The summed E-state index contributed by atoms with van der Waals surface area (Å²) >= 11 is 0. The van der Waals surface area contributed by atoms with Crippen molar-refractivity contribution in [2.75, 3.05) is 6.61 Å². The minimum absolute atomic E-state index is 0.186. The van der Waals surface area contributed by atoms with Crippen molar-refractivity contribution >= 4 is 27.8 Å². The molecule has 5 aromatic rings. The average Bonchev–Trinajstić information content (AvgIpc) is 3.40. The first-order chi connectivity index (χ1) is 14.7. The standard InChI is InChI=1S/C22H18N6O2/c29-12-19(13-4-2-1-3-5-13)26-22(30)21-24-17-10-15-16(11-18(17)25-21)27-28-20(15)14-6-8-23-9-7-14/h1-11,19,29H,12H2,(H,24,25)(H,26,30)(H,27,28). The highest BCUT2D eigenvalue weighted by Crippen LogP contribution is 2.28. The van der Waals surface area contributed by atoms with E-state index in [0.29, 0.717) is 5.52 Å². The number of aliphatic hydroxyl groups excluding tert-OH is 1. The van der Waals surface area contributed by atoms with Crippen LogP contribution in [0.4, 0.5) is 0 Å². The van der Waals surface area contributed by atoms with E-state index in [-0.39, 0.29) is 18.3 Å². The van der Waals surface area contributed by atoms with Gasteiger partial charge in [-0.2, -0.15) is 5.10 Å². The molecule has 3 aromatic heterocycles. The third kappa shape index (κ3) is 3.19. The van der Waals surface area contributed by atoms with E-state index in [0.717, 1.165) is 33.2 Å². The number of aromatic nitrogens is 5. The number of hydrogen-bond donors (Lipinski definition) is 4. The molecule has 0 aliphatic carbocycles. The molecule has 0 saturated carbocycles. The maximum absolute atomic E-state index is 12.7. The molecule has 0 saturated heterocycles. The van der Waals surface area contributed by atoms with Crippen LogP contribution in [0, 0.1) is 0 Å². The number of aliphatic hydroxyl groups is 1. The monoisotopic (exact) mass is 398 g/mol. The van der Waals surface area contributed by atoms with Gasteiger partial charge in [-0.25, -0.2) is 4.98 Å². The van der Waals surface area contributed by atoms with Gasteiger partial charge in [0.1, 0.15) is 5.69 Å². The van der Waals surface area contributed by atoms with E-state index < -0.39 is 6.04 Å². The number of fused-ring (bicyclic) bond motifs is 2. The van der Waals surface area contributed by atoms with Crippen LogP contribution in [-0.4, -0.2) is 42.8 Å². The van der Waals surface area contributed by atoms with E-state index in [4.69, 9.17) is 0 Å². The lowest BCUT2D eigenvalue weighted by atomic mass is 10.1. The van der Waals surface area contributed by atoms with E-state index in [9.17, 15) is 9.90 Å². The minimum atomic E-state index is -0.510. The van der Waals surface area contributed by atoms with Crippen molar-refractivity contribution in [2.45, 2.75) is 6.04 Å². The van der Waals surface area contributed by atoms with Crippen LogP contribution in [-0.2, 0) is 0 Å². The van der Waals surface area contributed by atoms with Crippen LogP contribution in [0.25, 0.3) is 33.2 Å². The number of pyridine rings is 1. The highest BCUT2D eigenvalue weighted by Gasteiger charge is 2.19. The third-order valence-electron chi connectivity index (χ3n) is 5.02. The van der Waals surface area contributed by atoms with Gasteiger partial charge in [-0.15, -0.1) is 0 Å². The minimum Gasteiger partial charge on any atom is -0.394 e. The van der Waals surface area contributed by atoms with Gasteiger partial charge >= 0.3 is 0 Å². The summed E-state index contributed by atoms with van der Waals surface area (Å²) in [5.41, 5.74) is 4.78. The lowest BCUT2D eigenvalue weighted by Crippen LogP contribution is -2.31. The fourth-order valence-corrected chi connectivity index (χ4v) is 3.51. The summed E-state index contributed by atoms with van der Waals surface area (Å²) in [5.74, 6) is -0.198.